The molecule has 2 amide bonds. The van der Waals surface area contributed by atoms with E-state index in [9.17, 15) is 9.59 Å². The number of aromatic nitrogens is 2. The molecule has 7 nitrogen and oxygen atoms in total. The molecule has 28 heavy (non-hydrogen) atoms. The second kappa shape index (κ2) is 8.12. The number of carbonyl (C=O) groups is 2. The molecule has 1 unspecified atom stereocenters. The van der Waals surface area contributed by atoms with Gasteiger partial charge >= 0.3 is 0 Å². The first kappa shape index (κ1) is 18.7. The van der Waals surface area contributed by atoms with Gasteiger partial charge in [-0.15, -0.1) is 0 Å². The third-order valence-electron chi connectivity index (χ3n) is 5.63. The second-order valence-electron chi connectivity index (χ2n) is 7.87. The molecule has 0 bridgehead atoms. The molecule has 4 heterocycles. The van der Waals surface area contributed by atoms with Crippen LogP contribution in [0.4, 0.5) is 0 Å². The number of hydrogen-bond donors (Lipinski definition) is 0. The van der Waals surface area contributed by atoms with Crippen molar-refractivity contribution in [3.05, 3.63) is 47.1 Å². The highest BCUT2D eigenvalue weighted by atomic mass is 16.5. The fraction of sp³-hybridized carbons (Fsp3) is 0.524. The molecule has 0 saturated carbocycles. The van der Waals surface area contributed by atoms with E-state index in [4.69, 9.17) is 4.52 Å². The number of pyridine rings is 1. The van der Waals surface area contributed by atoms with Crippen LogP contribution in [-0.4, -0.2) is 57.9 Å². The molecule has 4 rings (SSSR count). The Balaban J connectivity index is 1.37. The Labute approximate surface area is 164 Å². The fourth-order valence-corrected chi connectivity index (χ4v) is 4.14. The molecule has 2 saturated heterocycles. The van der Waals surface area contributed by atoms with E-state index < -0.39 is 0 Å². The normalized spacial score (nSPS) is 19.8. The smallest absolute Gasteiger partial charge is 0.276 e. The molecule has 0 spiro atoms. The summed E-state index contributed by atoms with van der Waals surface area (Å²) in [5.41, 5.74) is 2.09. The van der Waals surface area contributed by atoms with Gasteiger partial charge in [-0.05, 0) is 56.6 Å². The summed E-state index contributed by atoms with van der Waals surface area (Å²) in [6.07, 6.45) is 8.61. The van der Waals surface area contributed by atoms with Crippen molar-refractivity contribution in [1.29, 1.82) is 0 Å². The molecular weight excluding hydrogens is 356 g/mol. The van der Waals surface area contributed by atoms with Gasteiger partial charge in [-0.2, -0.15) is 0 Å². The van der Waals surface area contributed by atoms with Gasteiger partial charge in [0.25, 0.3) is 11.8 Å². The number of nitrogens with zero attached hydrogens (tertiary/aromatic N) is 4. The maximum absolute atomic E-state index is 12.7. The van der Waals surface area contributed by atoms with Crippen LogP contribution in [0, 0.1) is 12.8 Å². The lowest BCUT2D eigenvalue weighted by Gasteiger charge is -2.26. The Morgan fingerprint density at radius 2 is 1.89 bits per heavy atom. The molecule has 2 aliphatic heterocycles. The van der Waals surface area contributed by atoms with Gasteiger partial charge < -0.3 is 14.3 Å². The zero-order valence-corrected chi connectivity index (χ0v) is 16.3. The van der Waals surface area contributed by atoms with E-state index in [1.54, 1.807) is 19.2 Å². The molecule has 148 valence electrons. The standard InChI is InChI=1S/C21H26N4O3/c1-15-9-19(23-28-15)21(27)25-8-5-16(14-25)10-17-11-18(13-22-12-17)20(26)24-6-3-2-4-7-24/h9,11-13,16H,2-8,10,14H2,1H3. The van der Waals surface area contributed by atoms with Crippen LogP contribution in [0.1, 0.15) is 57.9 Å². The van der Waals surface area contributed by atoms with Gasteiger partial charge in [-0.25, -0.2) is 0 Å². The summed E-state index contributed by atoms with van der Waals surface area (Å²) in [4.78, 5) is 33.3. The monoisotopic (exact) mass is 382 g/mol. The molecular formula is C21H26N4O3. The highest BCUT2D eigenvalue weighted by Crippen LogP contribution is 2.23. The lowest BCUT2D eigenvalue weighted by Crippen LogP contribution is -2.35. The highest BCUT2D eigenvalue weighted by molar-refractivity contribution is 5.94. The van der Waals surface area contributed by atoms with Crippen LogP contribution < -0.4 is 0 Å². The Bertz CT molecular complexity index is 857. The molecule has 0 aromatic carbocycles. The number of likely N-dealkylation sites (tertiary alicyclic amines) is 2. The predicted molar refractivity (Wildman–Crippen MR) is 103 cm³/mol. The van der Waals surface area contributed by atoms with Gasteiger partial charge in [0.15, 0.2) is 5.69 Å². The fourth-order valence-electron chi connectivity index (χ4n) is 4.14. The zero-order chi connectivity index (χ0) is 19.5. The number of carbonyl (C=O) groups excluding carboxylic acids is 2. The summed E-state index contributed by atoms with van der Waals surface area (Å²) in [6.45, 7) is 4.86. The van der Waals surface area contributed by atoms with Gasteiger partial charge in [0.2, 0.25) is 0 Å². The lowest BCUT2D eigenvalue weighted by molar-refractivity contribution is 0.0723. The van der Waals surface area contributed by atoms with Crippen LogP contribution in [0.3, 0.4) is 0 Å². The number of amides is 2. The summed E-state index contributed by atoms with van der Waals surface area (Å²) in [5.74, 6) is 1.00. The van der Waals surface area contributed by atoms with E-state index in [0.717, 1.165) is 50.9 Å². The molecule has 2 fully saturated rings. The summed E-state index contributed by atoms with van der Waals surface area (Å²) in [7, 11) is 0. The van der Waals surface area contributed by atoms with Crippen LogP contribution >= 0.6 is 0 Å². The average molecular weight is 382 g/mol. The van der Waals surface area contributed by atoms with Crippen molar-refractivity contribution in [2.45, 2.75) is 39.0 Å². The van der Waals surface area contributed by atoms with Crippen molar-refractivity contribution in [1.82, 2.24) is 19.9 Å². The molecule has 2 aromatic heterocycles. The minimum Gasteiger partial charge on any atom is -0.361 e. The SMILES string of the molecule is Cc1cc(C(=O)N2CCC(Cc3cncc(C(=O)N4CCCCC4)c3)C2)no1. The van der Waals surface area contributed by atoms with E-state index in [1.165, 1.54) is 6.42 Å². The van der Waals surface area contributed by atoms with Gasteiger partial charge in [0, 0.05) is 44.6 Å². The zero-order valence-electron chi connectivity index (χ0n) is 16.3. The maximum Gasteiger partial charge on any atom is 0.276 e. The second-order valence-corrected chi connectivity index (χ2v) is 7.87. The minimum absolute atomic E-state index is 0.0773. The first-order chi connectivity index (χ1) is 13.6. The topological polar surface area (TPSA) is 79.5 Å². The van der Waals surface area contributed by atoms with Crippen LogP contribution in [0.5, 0.6) is 0 Å². The first-order valence-corrected chi connectivity index (χ1v) is 10.1. The largest absolute Gasteiger partial charge is 0.361 e. The van der Waals surface area contributed by atoms with E-state index in [1.807, 2.05) is 22.1 Å². The molecule has 0 N–H and O–H groups in total. The summed E-state index contributed by atoms with van der Waals surface area (Å²) in [6, 6.07) is 3.64. The van der Waals surface area contributed by atoms with Crippen LogP contribution in [0.25, 0.3) is 0 Å². The van der Waals surface area contributed by atoms with E-state index in [0.29, 0.717) is 29.5 Å². The molecule has 2 aromatic rings. The van der Waals surface area contributed by atoms with Gasteiger partial charge in [-0.1, -0.05) is 5.16 Å². The van der Waals surface area contributed by atoms with Crippen molar-refractivity contribution in [3.63, 3.8) is 0 Å². The van der Waals surface area contributed by atoms with E-state index in [-0.39, 0.29) is 11.8 Å². The average Bonchev–Trinajstić information content (AvgIpc) is 3.37. The number of rotatable bonds is 4. The van der Waals surface area contributed by atoms with E-state index in [2.05, 4.69) is 10.1 Å². The number of hydrogen-bond acceptors (Lipinski definition) is 5. The van der Waals surface area contributed by atoms with Crippen molar-refractivity contribution in [3.8, 4) is 0 Å². The van der Waals surface area contributed by atoms with E-state index >= 15 is 0 Å². The lowest BCUT2D eigenvalue weighted by atomic mass is 9.98. The predicted octanol–water partition coefficient (Wildman–Crippen LogP) is 2.71. The Morgan fingerprint density at radius 3 is 2.64 bits per heavy atom. The third-order valence-corrected chi connectivity index (χ3v) is 5.63. The van der Waals surface area contributed by atoms with Crippen LogP contribution in [0.15, 0.2) is 29.0 Å². The van der Waals surface area contributed by atoms with Crippen LogP contribution in [-0.2, 0) is 6.42 Å². The minimum atomic E-state index is -0.0773. The molecule has 7 heteroatoms. The first-order valence-electron chi connectivity index (χ1n) is 10.1. The molecule has 0 radical (unpaired) electrons. The van der Waals surface area contributed by atoms with Crippen molar-refractivity contribution >= 4 is 11.8 Å². The quantitative estimate of drug-likeness (QED) is 0.812. The highest BCUT2D eigenvalue weighted by Gasteiger charge is 2.29. The third kappa shape index (κ3) is 4.08. The Kier molecular flexibility index (Phi) is 5.41. The molecule has 1 atom stereocenters. The summed E-state index contributed by atoms with van der Waals surface area (Å²) >= 11 is 0. The Hall–Kier alpha value is -2.70. The number of piperidine rings is 1. The summed E-state index contributed by atoms with van der Waals surface area (Å²) < 4.78 is 5.01. The van der Waals surface area contributed by atoms with Gasteiger partial charge in [0.05, 0.1) is 5.56 Å². The number of aryl methyl sites for hydroxylation is 1. The molecule has 2 aliphatic rings. The van der Waals surface area contributed by atoms with Gasteiger partial charge in [-0.3, -0.25) is 14.6 Å². The Morgan fingerprint density at radius 1 is 1.07 bits per heavy atom. The van der Waals surface area contributed by atoms with Crippen LogP contribution in [0.2, 0.25) is 0 Å². The summed E-state index contributed by atoms with van der Waals surface area (Å²) in [5, 5.41) is 3.83. The van der Waals surface area contributed by atoms with Crippen molar-refractivity contribution in [2.75, 3.05) is 26.2 Å². The van der Waals surface area contributed by atoms with Crippen molar-refractivity contribution in [2.24, 2.45) is 5.92 Å². The maximum atomic E-state index is 12.7. The van der Waals surface area contributed by atoms with Gasteiger partial charge in [0.1, 0.15) is 5.76 Å². The molecule has 0 aliphatic carbocycles. The van der Waals surface area contributed by atoms with Crippen molar-refractivity contribution < 1.29 is 14.1 Å².